The largest absolute Gasteiger partial charge is 0.416 e. The minimum absolute atomic E-state index is 0.0617. The van der Waals surface area contributed by atoms with Crippen molar-refractivity contribution in [1.29, 1.82) is 0 Å². The SMILES string of the molecule is CNC(C)c1cn(-c2cc(C(F)(F)F)ccc2Cl)nn1. The normalized spacial score (nSPS) is 13.5. The average Bonchev–Trinajstić information content (AvgIpc) is 2.86. The predicted octanol–water partition coefficient (Wildman–Crippen LogP) is 3.22. The van der Waals surface area contributed by atoms with E-state index < -0.39 is 11.7 Å². The third-order valence-corrected chi connectivity index (χ3v) is 3.23. The van der Waals surface area contributed by atoms with Crippen LogP contribution in [0.25, 0.3) is 5.69 Å². The molecule has 0 aliphatic heterocycles. The van der Waals surface area contributed by atoms with Crippen molar-refractivity contribution in [2.45, 2.75) is 19.1 Å². The second-order valence-corrected chi connectivity index (χ2v) is 4.67. The monoisotopic (exact) mass is 304 g/mol. The van der Waals surface area contributed by atoms with E-state index in [1.165, 1.54) is 10.7 Å². The van der Waals surface area contributed by atoms with Crippen LogP contribution in [0.3, 0.4) is 0 Å². The first-order chi connectivity index (χ1) is 9.32. The summed E-state index contributed by atoms with van der Waals surface area (Å²) >= 11 is 5.93. The molecule has 1 atom stereocenters. The first-order valence-electron chi connectivity index (χ1n) is 5.79. The lowest BCUT2D eigenvalue weighted by molar-refractivity contribution is -0.137. The van der Waals surface area contributed by atoms with Gasteiger partial charge in [0.2, 0.25) is 0 Å². The molecule has 0 saturated heterocycles. The van der Waals surface area contributed by atoms with Crippen molar-refractivity contribution in [3.8, 4) is 5.69 Å². The Balaban J connectivity index is 2.44. The van der Waals surface area contributed by atoms with Gasteiger partial charge in [-0.05, 0) is 32.2 Å². The second kappa shape index (κ2) is 5.41. The first-order valence-corrected chi connectivity index (χ1v) is 6.17. The summed E-state index contributed by atoms with van der Waals surface area (Å²) in [7, 11) is 1.75. The molecule has 1 aromatic heterocycles. The standard InChI is InChI=1S/C12H12ClF3N4/c1-7(17-2)10-6-20(19-18-10)11-5-8(12(14,15)16)3-4-9(11)13/h3-7,17H,1-2H3. The lowest BCUT2D eigenvalue weighted by atomic mass is 10.2. The lowest BCUT2D eigenvalue weighted by Gasteiger charge is -2.10. The van der Waals surface area contributed by atoms with Gasteiger partial charge in [-0.1, -0.05) is 16.8 Å². The van der Waals surface area contributed by atoms with E-state index in [4.69, 9.17) is 11.6 Å². The molecule has 0 bridgehead atoms. The van der Waals surface area contributed by atoms with Gasteiger partial charge in [0.05, 0.1) is 28.2 Å². The molecule has 0 saturated carbocycles. The van der Waals surface area contributed by atoms with Gasteiger partial charge < -0.3 is 5.32 Å². The molecular formula is C12H12ClF3N4. The summed E-state index contributed by atoms with van der Waals surface area (Å²) in [5.74, 6) is 0. The zero-order valence-electron chi connectivity index (χ0n) is 10.7. The fraction of sp³-hybridized carbons (Fsp3) is 0.333. The third kappa shape index (κ3) is 2.94. The molecule has 0 amide bonds. The highest BCUT2D eigenvalue weighted by molar-refractivity contribution is 6.32. The van der Waals surface area contributed by atoms with Crippen LogP contribution in [0.5, 0.6) is 0 Å². The maximum absolute atomic E-state index is 12.7. The fourth-order valence-corrected chi connectivity index (χ4v) is 1.81. The summed E-state index contributed by atoms with van der Waals surface area (Å²) in [5, 5.41) is 10.9. The van der Waals surface area contributed by atoms with Gasteiger partial charge in [-0.2, -0.15) is 13.2 Å². The van der Waals surface area contributed by atoms with Gasteiger partial charge in [-0.25, -0.2) is 4.68 Å². The van der Waals surface area contributed by atoms with E-state index in [0.717, 1.165) is 12.1 Å². The summed E-state index contributed by atoms with van der Waals surface area (Å²) < 4.78 is 39.4. The molecule has 2 rings (SSSR count). The van der Waals surface area contributed by atoms with Crippen molar-refractivity contribution in [3.63, 3.8) is 0 Å². The molecule has 8 heteroatoms. The molecule has 1 unspecified atom stereocenters. The van der Waals surface area contributed by atoms with Crippen LogP contribution in [-0.4, -0.2) is 22.0 Å². The number of hydrogen-bond donors (Lipinski definition) is 1. The van der Waals surface area contributed by atoms with Crippen molar-refractivity contribution >= 4 is 11.6 Å². The van der Waals surface area contributed by atoms with Crippen LogP contribution in [0.15, 0.2) is 24.4 Å². The maximum atomic E-state index is 12.7. The summed E-state index contributed by atoms with van der Waals surface area (Å²) in [6, 6.07) is 3.01. The van der Waals surface area contributed by atoms with E-state index in [1.54, 1.807) is 13.2 Å². The summed E-state index contributed by atoms with van der Waals surface area (Å²) in [6.45, 7) is 1.86. The maximum Gasteiger partial charge on any atom is 0.416 e. The summed E-state index contributed by atoms with van der Waals surface area (Å²) in [4.78, 5) is 0. The van der Waals surface area contributed by atoms with Crippen LogP contribution in [0.1, 0.15) is 24.2 Å². The number of alkyl halides is 3. The van der Waals surface area contributed by atoms with Crippen molar-refractivity contribution in [1.82, 2.24) is 20.3 Å². The van der Waals surface area contributed by atoms with Gasteiger partial charge >= 0.3 is 6.18 Å². The molecule has 0 spiro atoms. The number of rotatable bonds is 3. The molecular weight excluding hydrogens is 293 g/mol. The molecule has 2 aromatic rings. The van der Waals surface area contributed by atoms with Gasteiger partial charge in [-0.3, -0.25) is 0 Å². The Morgan fingerprint density at radius 2 is 2.05 bits per heavy atom. The number of aromatic nitrogens is 3. The Bertz CT molecular complexity index is 609. The lowest BCUT2D eigenvalue weighted by Crippen LogP contribution is -2.12. The highest BCUT2D eigenvalue weighted by atomic mass is 35.5. The Kier molecular flexibility index (Phi) is 4.01. The number of halogens is 4. The van der Waals surface area contributed by atoms with Crippen molar-refractivity contribution in [2.24, 2.45) is 0 Å². The zero-order chi connectivity index (χ0) is 14.9. The van der Waals surface area contributed by atoms with E-state index in [0.29, 0.717) is 5.69 Å². The average molecular weight is 305 g/mol. The van der Waals surface area contributed by atoms with Gasteiger partial charge in [0.25, 0.3) is 0 Å². The quantitative estimate of drug-likeness (QED) is 0.947. The van der Waals surface area contributed by atoms with Crippen LogP contribution < -0.4 is 5.32 Å². The minimum Gasteiger partial charge on any atom is -0.312 e. The molecule has 0 aliphatic rings. The summed E-state index contributed by atoms with van der Waals surface area (Å²) in [5.41, 5.74) is -0.0276. The molecule has 20 heavy (non-hydrogen) atoms. The zero-order valence-corrected chi connectivity index (χ0v) is 11.5. The smallest absolute Gasteiger partial charge is 0.312 e. The minimum atomic E-state index is -4.43. The van der Waals surface area contributed by atoms with Crippen LogP contribution in [0.4, 0.5) is 13.2 Å². The number of nitrogens with zero attached hydrogens (tertiary/aromatic N) is 3. The van der Waals surface area contributed by atoms with E-state index in [1.807, 2.05) is 6.92 Å². The molecule has 0 fully saturated rings. The van der Waals surface area contributed by atoms with E-state index >= 15 is 0 Å². The Labute approximate surface area is 118 Å². The number of hydrogen-bond acceptors (Lipinski definition) is 3. The molecule has 0 radical (unpaired) electrons. The number of benzene rings is 1. The van der Waals surface area contributed by atoms with Gasteiger partial charge in [0, 0.05) is 6.04 Å². The van der Waals surface area contributed by atoms with Crippen LogP contribution in [0, 0.1) is 0 Å². The number of nitrogens with one attached hydrogen (secondary N) is 1. The van der Waals surface area contributed by atoms with Gasteiger partial charge in [0.1, 0.15) is 0 Å². The summed E-state index contributed by atoms with van der Waals surface area (Å²) in [6.07, 6.45) is -2.89. The van der Waals surface area contributed by atoms with Crippen LogP contribution in [0.2, 0.25) is 5.02 Å². The Hall–Kier alpha value is -1.60. The molecule has 0 aliphatic carbocycles. The van der Waals surface area contributed by atoms with E-state index in [9.17, 15) is 13.2 Å². The molecule has 4 nitrogen and oxygen atoms in total. The van der Waals surface area contributed by atoms with Gasteiger partial charge in [-0.15, -0.1) is 5.10 Å². The molecule has 1 heterocycles. The van der Waals surface area contributed by atoms with Crippen molar-refractivity contribution in [3.05, 3.63) is 40.7 Å². The highest BCUT2D eigenvalue weighted by Crippen LogP contribution is 2.33. The molecule has 1 aromatic carbocycles. The van der Waals surface area contributed by atoms with Crippen LogP contribution >= 0.6 is 11.6 Å². The first kappa shape index (κ1) is 14.8. The predicted molar refractivity (Wildman–Crippen MR) is 68.8 cm³/mol. The van der Waals surface area contributed by atoms with Crippen molar-refractivity contribution < 1.29 is 13.2 Å². The van der Waals surface area contributed by atoms with E-state index in [2.05, 4.69) is 15.6 Å². The topological polar surface area (TPSA) is 42.7 Å². The van der Waals surface area contributed by atoms with Gasteiger partial charge in [0.15, 0.2) is 0 Å². The molecule has 108 valence electrons. The van der Waals surface area contributed by atoms with Crippen LogP contribution in [-0.2, 0) is 6.18 Å². The van der Waals surface area contributed by atoms with Crippen molar-refractivity contribution in [2.75, 3.05) is 7.05 Å². The van der Waals surface area contributed by atoms with E-state index in [-0.39, 0.29) is 16.8 Å². The molecule has 1 N–H and O–H groups in total. The Morgan fingerprint density at radius 3 is 2.65 bits per heavy atom. The second-order valence-electron chi connectivity index (χ2n) is 4.26. The Morgan fingerprint density at radius 1 is 1.35 bits per heavy atom. The highest BCUT2D eigenvalue weighted by Gasteiger charge is 2.31. The fourth-order valence-electron chi connectivity index (χ4n) is 1.61. The third-order valence-electron chi connectivity index (χ3n) is 2.91.